The molecule has 0 heterocycles. The van der Waals surface area contributed by atoms with E-state index in [0.29, 0.717) is 13.2 Å². The van der Waals surface area contributed by atoms with Gasteiger partial charge < -0.3 is 10.1 Å². The molecule has 0 aliphatic heterocycles. The average Bonchev–Trinajstić information content (AvgIpc) is 2.08. The van der Waals surface area contributed by atoms with Crippen molar-refractivity contribution in [3.63, 3.8) is 0 Å². The van der Waals surface area contributed by atoms with Crippen LogP contribution in [-0.2, 0) is 4.74 Å². The monoisotopic (exact) mass is 213 g/mol. The van der Waals surface area contributed by atoms with Crippen molar-refractivity contribution in [2.24, 2.45) is 0 Å². The van der Waals surface area contributed by atoms with E-state index in [2.05, 4.69) is 5.32 Å². The lowest BCUT2D eigenvalue weighted by atomic mass is 10.4. The van der Waals surface area contributed by atoms with E-state index in [9.17, 15) is 13.2 Å². The van der Waals surface area contributed by atoms with Gasteiger partial charge in [-0.25, -0.2) is 0 Å². The predicted molar refractivity (Wildman–Crippen MR) is 49.3 cm³/mol. The highest BCUT2D eigenvalue weighted by molar-refractivity contribution is 4.54. The minimum Gasteiger partial charge on any atom is -0.381 e. The Morgan fingerprint density at radius 1 is 1.14 bits per heavy atom. The van der Waals surface area contributed by atoms with E-state index in [1.54, 1.807) is 0 Å². The molecule has 14 heavy (non-hydrogen) atoms. The lowest BCUT2D eigenvalue weighted by Crippen LogP contribution is -2.23. The Morgan fingerprint density at radius 2 is 1.86 bits per heavy atom. The van der Waals surface area contributed by atoms with E-state index >= 15 is 0 Å². The molecule has 5 heteroatoms. The van der Waals surface area contributed by atoms with Crippen molar-refractivity contribution in [1.82, 2.24) is 5.32 Å². The second-order valence-corrected chi connectivity index (χ2v) is 3.08. The number of hydrogen-bond acceptors (Lipinski definition) is 2. The zero-order chi connectivity index (χ0) is 10.9. The van der Waals surface area contributed by atoms with Crippen molar-refractivity contribution in [1.29, 1.82) is 0 Å². The number of halogens is 3. The first-order valence-corrected chi connectivity index (χ1v) is 4.91. The van der Waals surface area contributed by atoms with Crippen LogP contribution in [-0.4, -0.2) is 32.5 Å². The Morgan fingerprint density at radius 3 is 2.43 bits per heavy atom. The smallest absolute Gasteiger partial charge is 0.381 e. The summed E-state index contributed by atoms with van der Waals surface area (Å²) < 4.78 is 40.2. The van der Waals surface area contributed by atoms with E-state index in [0.717, 1.165) is 19.4 Å². The van der Waals surface area contributed by atoms with Crippen molar-refractivity contribution in [3.8, 4) is 0 Å². The van der Waals surface area contributed by atoms with Crippen LogP contribution in [0.5, 0.6) is 0 Å². The van der Waals surface area contributed by atoms with Crippen LogP contribution >= 0.6 is 0 Å². The number of rotatable bonds is 8. The molecule has 0 bridgehead atoms. The first kappa shape index (κ1) is 13.7. The van der Waals surface area contributed by atoms with Gasteiger partial charge in [-0.15, -0.1) is 0 Å². The molecule has 2 nitrogen and oxygen atoms in total. The SMILES string of the molecule is CCCOCCCNCCC(F)(F)F. The van der Waals surface area contributed by atoms with Crippen LogP contribution < -0.4 is 5.32 Å². The summed E-state index contributed by atoms with van der Waals surface area (Å²) in [6.45, 7) is 3.94. The van der Waals surface area contributed by atoms with Crippen molar-refractivity contribution < 1.29 is 17.9 Å². The lowest BCUT2D eigenvalue weighted by Gasteiger charge is -2.07. The van der Waals surface area contributed by atoms with Crippen LogP contribution in [0.15, 0.2) is 0 Å². The normalized spacial score (nSPS) is 12.0. The molecule has 0 saturated heterocycles. The topological polar surface area (TPSA) is 21.3 Å². The molecule has 0 saturated carbocycles. The fraction of sp³-hybridized carbons (Fsp3) is 1.00. The molecule has 0 amide bonds. The summed E-state index contributed by atoms with van der Waals surface area (Å²) in [5, 5.41) is 2.72. The Kier molecular flexibility index (Phi) is 7.89. The van der Waals surface area contributed by atoms with E-state index in [-0.39, 0.29) is 6.54 Å². The van der Waals surface area contributed by atoms with Gasteiger partial charge in [0.15, 0.2) is 0 Å². The summed E-state index contributed by atoms with van der Waals surface area (Å²) in [4.78, 5) is 0. The molecule has 86 valence electrons. The second-order valence-electron chi connectivity index (χ2n) is 3.08. The van der Waals surface area contributed by atoms with Gasteiger partial charge in [0.2, 0.25) is 0 Å². The van der Waals surface area contributed by atoms with Gasteiger partial charge in [-0.2, -0.15) is 13.2 Å². The Bertz CT molecular complexity index is 128. The number of hydrogen-bond donors (Lipinski definition) is 1. The number of ether oxygens (including phenoxy) is 1. The summed E-state index contributed by atoms with van der Waals surface area (Å²) in [5.74, 6) is 0. The molecule has 0 aromatic carbocycles. The molecule has 0 aliphatic rings. The zero-order valence-corrected chi connectivity index (χ0v) is 8.49. The zero-order valence-electron chi connectivity index (χ0n) is 8.49. The summed E-state index contributed by atoms with van der Waals surface area (Å²) >= 11 is 0. The molecule has 0 aliphatic carbocycles. The highest BCUT2D eigenvalue weighted by Gasteiger charge is 2.25. The van der Waals surface area contributed by atoms with Crippen molar-refractivity contribution in [2.45, 2.75) is 32.4 Å². The molecule has 0 aromatic heterocycles. The first-order chi connectivity index (χ1) is 6.56. The van der Waals surface area contributed by atoms with Crippen LogP contribution in [0.25, 0.3) is 0 Å². The van der Waals surface area contributed by atoms with Crippen molar-refractivity contribution in [3.05, 3.63) is 0 Å². The number of nitrogens with one attached hydrogen (secondary N) is 1. The Hall–Kier alpha value is -0.290. The van der Waals surface area contributed by atoms with E-state index in [4.69, 9.17) is 4.74 Å². The molecule has 0 rings (SSSR count). The highest BCUT2D eigenvalue weighted by atomic mass is 19.4. The van der Waals surface area contributed by atoms with Gasteiger partial charge in [0.05, 0.1) is 6.42 Å². The quantitative estimate of drug-likeness (QED) is 0.625. The standard InChI is InChI=1S/C9H18F3NO/c1-2-7-14-8-3-5-13-6-4-9(10,11)12/h13H,2-8H2,1H3. The molecule has 0 fully saturated rings. The third-order valence-electron chi connectivity index (χ3n) is 1.58. The fourth-order valence-corrected chi connectivity index (χ4v) is 0.901. The van der Waals surface area contributed by atoms with Gasteiger partial charge in [-0.1, -0.05) is 6.92 Å². The molecule has 0 radical (unpaired) electrons. The van der Waals surface area contributed by atoms with E-state index in [1.165, 1.54) is 0 Å². The third kappa shape index (κ3) is 11.7. The maximum Gasteiger partial charge on any atom is 0.390 e. The Balaban J connectivity index is 2.99. The second kappa shape index (κ2) is 8.05. The minimum absolute atomic E-state index is 0.00270. The third-order valence-corrected chi connectivity index (χ3v) is 1.58. The molecular formula is C9H18F3NO. The average molecular weight is 213 g/mol. The maximum atomic E-state index is 11.7. The number of alkyl halides is 3. The molecule has 0 unspecified atom stereocenters. The van der Waals surface area contributed by atoms with Gasteiger partial charge in [0.1, 0.15) is 0 Å². The van der Waals surface area contributed by atoms with Gasteiger partial charge in [-0.05, 0) is 19.4 Å². The van der Waals surface area contributed by atoms with Crippen LogP contribution in [0.1, 0.15) is 26.2 Å². The predicted octanol–water partition coefficient (Wildman–Crippen LogP) is 2.35. The summed E-state index contributed by atoms with van der Waals surface area (Å²) in [5.41, 5.74) is 0. The van der Waals surface area contributed by atoms with Crippen LogP contribution in [0.3, 0.4) is 0 Å². The van der Waals surface area contributed by atoms with Gasteiger partial charge >= 0.3 is 6.18 Å². The molecule has 1 N–H and O–H groups in total. The van der Waals surface area contributed by atoms with Crippen LogP contribution in [0, 0.1) is 0 Å². The molecule has 0 aromatic rings. The van der Waals surface area contributed by atoms with Crippen molar-refractivity contribution in [2.75, 3.05) is 26.3 Å². The summed E-state index contributed by atoms with van der Waals surface area (Å²) in [6.07, 6.45) is -3.08. The molecular weight excluding hydrogens is 195 g/mol. The first-order valence-electron chi connectivity index (χ1n) is 4.91. The van der Waals surface area contributed by atoms with E-state index in [1.807, 2.05) is 6.92 Å². The van der Waals surface area contributed by atoms with Gasteiger partial charge in [0.25, 0.3) is 0 Å². The Labute approximate surface area is 82.8 Å². The van der Waals surface area contributed by atoms with Crippen molar-refractivity contribution >= 4 is 0 Å². The van der Waals surface area contributed by atoms with Crippen LogP contribution in [0.2, 0.25) is 0 Å². The summed E-state index contributed by atoms with van der Waals surface area (Å²) in [7, 11) is 0. The maximum absolute atomic E-state index is 11.7. The van der Waals surface area contributed by atoms with Crippen LogP contribution in [0.4, 0.5) is 13.2 Å². The van der Waals surface area contributed by atoms with E-state index < -0.39 is 12.6 Å². The lowest BCUT2D eigenvalue weighted by molar-refractivity contribution is -0.133. The highest BCUT2D eigenvalue weighted by Crippen LogP contribution is 2.17. The minimum atomic E-state index is -4.05. The van der Waals surface area contributed by atoms with Gasteiger partial charge in [0, 0.05) is 19.8 Å². The molecule has 0 spiro atoms. The fourth-order valence-electron chi connectivity index (χ4n) is 0.901. The van der Waals surface area contributed by atoms with Gasteiger partial charge in [-0.3, -0.25) is 0 Å². The largest absolute Gasteiger partial charge is 0.390 e. The molecule has 0 atom stereocenters. The summed E-state index contributed by atoms with van der Waals surface area (Å²) in [6, 6.07) is 0.